The smallest absolute Gasteiger partial charge is 0.358 e. The molecular weight excluding hydrogens is 222 g/mol. The van der Waals surface area contributed by atoms with E-state index < -0.39 is 4.92 Å². The van der Waals surface area contributed by atoms with E-state index in [2.05, 4.69) is 4.98 Å². The lowest BCUT2D eigenvalue weighted by molar-refractivity contribution is -0.389. The normalized spacial score (nSPS) is 17.6. The van der Waals surface area contributed by atoms with Crippen LogP contribution < -0.4 is 0 Å². The minimum absolute atomic E-state index is 0.0469. The molecule has 0 spiro atoms. The summed E-state index contributed by atoms with van der Waals surface area (Å²) in [6.45, 7) is 0. The Morgan fingerprint density at radius 3 is 2.76 bits per heavy atom. The minimum Gasteiger partial charge on any atom is -0.358 e. The fraction of sp³-hybridized carbons (Fsp3) is 0.455. The van der Waals surface area contributed by atoms with Crippen LogP contribution >= 0.6 is 0 Å². The van der Waals surface area contributed by atoms with Gasteiger partial charge in [-0.25, -0.2) is 0 Å². The number of carbonyl (C=O) groups is 1. The molecule has 17 heavy (non-hydrogen) atoms. The molecular formula is C11H13N3O3. The average molecular weight is 235 g/mol. The van der Waals surface area contributed by atoms with E-state index in [1.54, 1.807) is 25.1 Å². The molecule has 1 atom stereocenters. The van der Waals surface area contributed by atoms with Crippen LogP contribution in [0.3, 0.4) is 0 Å². The van der Waals surface area contributed by atoms with Gasteiger partial charge in [-0.15, -0.1) is 0 Å². The highest BCUT2D eigenvalue weighted by atomic mass is 16.6. The molecule has 0 saturated carbocycles. The molecule has 0 saturated heterocycles. The van der Waals surface area contributed by atoms with Crippen LogP contribution in [-0.4, -0.2) is 34.8 Å². The van der Waals surface area contributed by atoms with Gasteiger partial charge in [-0.05, 0) is 22.4 Å². The van der Waals surface area contributed by atoms with Gasteiger partial charge >= 0.3 is 5.82 Å². The lowest BCUT2D eigenvalue weighted by atomic mass is 10.1. The van der Waals surface area contributed by atoms with Crippen molar-refractivity contribution in [3.63, 3.8) is 0 Å². The summed E-state index contributed by atoms with van der Waals surface area (Å²) in [6.07, 6.45) is 1.12. The Morgan fingerprint density at radius 2 is 2.18 bits per heavy atom. The van der Waals surface area contributed by atoms with Gasteiger partial charge in [0.1, 0.15) is 0 Å². The second-order valence-electron chi connectivity index (χ2n) is 4.37. The highest BCUT2D eigenvalue weighted by Gasteiger charge is 2.32. The molecule has 1 unspecified atom stereocenters. The Labute approximate surface area is 98.4 Å². The average Bonchev–Trinajstić information content (AvgIpc) is 2.69. The van der Waals surface area contributed by atoms with Crippen molar-refractivity contribution in [1.82, 2.24) is 9.88 Å². The zero-order valence-corrected chi connectivity index (χ0v) is 9.71. The van der Waals surface area contributed by atoms with Gasteiger partial charge in [-0.2, -0.15) is 0 Å². The van der Waals surface area contributed by atoms with Crippen LogP contribution in [0.4, 0.5) is 5.82 Å². The topological polar surface area (TPSA) is 76.3 Å². The van der Waals surface area contributed by atoms with E-state index in [0.29, 0.717) is 18.5 Å². The first-order valence-electron chi connectivity index (χ1n) is 5.33. The number of rotatable bonds is 2. The maximum absolute atomic E-state index is 11.8. The summed E-state index contributed by atoms with van der Waals surface area (Å²) in [7, 11) is 3.42. The van der Waals surface area contributed by atoms with Gasteiger partial charge in [0.05, 0.1) is 0 Å². The number of nitro groups is 1. The zero-order valence-electron chi connectivity index (χ0n) is 9.71. The number of carbonyl (C=O) groups excluding carboxylic acids is 1. The summed E-state index contributed by atoms with van der Waals surface area (Å²) in [5.41, 5.74) is 1.62. The predicted octanol–water partition coefficient (Wildman–Crippen LogP) is 0.793. The Kier molecular flexibility index (Phi) is 2.79. The highest BCUT2D eigenvalue weighted by molar-refractivity contribution is 5.79. The van der Waals surface area contributed by atoms with E-state index in [9.17, 15) is 14.9 Å². The van der Waals surface area contributed by atoms with Crippen LogP contribution in [0.15, 0.2) is 12.1 Å². The third kappa shape index (κ3) is 2.11. The summed E-state index contributed by atoms with van der Waals surface area (Å²) >= 11 is 0. The van der Waals surface area contributed by atoms with Crippen molar-refractivity contribution in [3.8, 4) is 0 Å². The van der Waals surface area contributed by atoms with E-state index in [-0.39, 0.29) is 17.6 Å². The monoisotopic (exact) mass is 235 g/mol. The van der Waals surface area contributed by atoms with Crippen molar-refractivity contribution in [3.05, 3.63) is 33.5 Å². The lowest BCUT2D eigenvalue weighted by Gasteiger charge is -2.14. The first-order chi connectivity index (χ1) is 7.99. The number of hydrogen-bond acceptors (Lipinski definition) is 4. The van der Waals surface area contributed by atoms with E-state index in [1.807, 2.05) is 0 Å². The molecule has 1 aromatic heterocycles. The molecule has 1 aromatic rings. The van der Waals surface area contributed by atoms with Gasteiger partial charge in [0.2, 0.25) is 5.91 Å². The first kappa shape index (κ1) is 11.5. The van der Waals surface area contributed by atoms with Crippen molar-refractivity contribution >= 4 is 11.7 Å². The lowest BCUT2D eigenvalue weighted by Crippen LogP contribution is -2.29. The van der Waals surface area contributed by atoms with Crippen LogP contribution in [0.25, 0.3) is 0 Å². The van der Waals surface area contributed by atoms with Crippen LogP contribution in [0.2, 0.25) is 0 Å². The zero-order chi connectivity index (χ0) is 12.6. The fourth-order valence-corrected chi connectivity index (χ4v) is 2.09. The highest BCUT2D eigenvalue weighted by Crippen LogP contribution is 2.27. The second kappa shape index (κ2) is 4.12. The van der Waals surface area contributed by atoms with Gasteiger partial charge in [-0.1, -0.05) is 0 Å². The second-order valence-corrected chi connectivity index (χ2v) is 4.37. The molecule has 0 aliphatic heterocycles. The maximum Gasteiger partial charge on any atom is 0.363 e. The van der Waals surface area contributed by atoms with E-state index in [4.69, 9.17) is 0 Å². The SMILES string of the molecule is CN(C)C(=O)C1Cc2ccc([N+](=O)[O-])nc2C1. The number of aromatic nitrogens is 1. The quantitative estimate of drug-likeness (QED) is 0.561. The summed E-state index contributed by atoms with van der Waals surface area (Å²) in [4.78, 5) is 27.4. The fourth-order valence-electron chi connectivity index (χ4n) is 2.09. The van der Waals surface area contributed by atoms with Crippen LogP contribution in [0.5, 0.6) is 0 Å². The number of hydrogen-bond donors (Lipinski definition) is 0. The summed E-state index contributed by atoms with van der Waals surface area (Å²) < 4.78 is 0. The van der Waals surface area contributed by atoms with Gasteiger partial charge in [0.15, 0.2) is 5.69 Å². The molecule has 0 bridgehead atoms. The number of pyridine rings is 1. The van der Waals surface area contributed by atoms with Crippen molar-refractivity contribution in [2.24, 2.45) is 5.92 Å². The van der Waals surface area contributed by atoms with Gasteiger partial charge in [0.25, 0.3) is 0 Å². The summed E-state index contributed by atoms with van der Waals surface area (Å²) in [6, 6.07) is 3.09. The predicted molar refractivity (Wildman–Crippen MR) is 60.5 cm³/mol. The minimum atomic E-state index is -0.513. The van der Waals surface area contributed by atoms with E-state index >= 15 is 0 Å². The van der Waals surface area contributed by atoms with Crippen molar-refractivity contribution < 1.29 is 9.72 Å². The Balaban J connectivity index is 2.22. The maximum atomic E-state index is 11.8. The number of nitrogens with zero attached hydrogens (tertiary/aromatic N) is 3. The largest absolute Gasteiger partial charge is 0.363 e. The molecule has 2 rings (SSSR count). The van der Waals surface area contributed by atoms with Crippen LogP contribution in [-0.2, 0) is 17.6 Å². The summed E-state index contributed by atoms with van der Waals surface area (Å²) in [5, 5.41) is 10.6. The molecule has 6 heteroatoms. The van der Waals surface area contributed by atoms with Crippen molar-refractivity contribution in [2.45, 2.75) is 12.8 Å². The van der Waals surface area contributed by atoms with E-state index in [0.717, 1.165) is 5.56 Å². The standard InChI is InChI=1S/C11H13N3O3/c1-13(2)11(15)8-5-7-3-4-10(14(16)17)12-9(7)6-8/h3-4,8H,5-6H2,1-2H3. The van der Waals surface area contributed by atoms with Gasteiger partial charge in [0, 0.05) is 38.1 Å². The molecule has 0 N–H and O–H groups in total. The Hall–Kier alpha value is -1.98. The molecule has 6 nitrogen and oxygen atoms in total. The van der Waals surface area contributed by atoms with Gasteiger partial charge in [-0.3, -0.25) is 4.79 Å². The molecule has 90 valence electrons. The molecule has 0 aromatic carbocycles. The first-order valence-corrected chi connectivity index (χ1v) is 5.33. The Morgan fingerprint density at radius 1 is 1.47 bits per heavy atom. The van der Waals surface area contributed by atoms with Crippen LogP contribution in [0.1, 0.15) is 11.3 Å². The molecule has 0 fully saturated rings. The van der Waals surface area contributed by atoms with Crippen molar-refractivity contribution in [1.29, 1.82) is 0 Å². The van der Waals surface area contributed by atoms with Gasteiger partial charge < -0.3 is 15.0 Å². The summed E-state index contributed by atoms with van der Waals surface area (Å²) in [5.74, 6) is -0.234. The third-order valence-corrected chi connectivity index (χ3v) is 2.94. The molecule has 1 aliphatic carbocycles. The number of amides is 1. The Bertz CT molecular complexity index is 485. The molecule has 1 heterocycles. The molecule has 1 aliphatic rings. The van der Waals surface area contributed by atoms with Crippen LogP contribution in [0, 0.1) is 16.0 Å². The third-order valence-electron chi connectivity index (χ3n) is 2.94. The molecule has 1 amide bonds. The van der Waals surface area contributed by atoms with Crippen molar-refractivity contribution in [2.75, 3.05) is 14.1 Å². The molecule has 0 radical (unpaired) electrons. The van der Waals surface area contributed by atoms with E-state index in [1.165, 1.54) is 6.07 Å². The number of fused-ring (bicyclic) bond motifs is 1.